The lowest BCUT2D eigenvalue weighted by atomic mass is 10.3. The van der Waals surface area contributed by atoms with Gasteiger partial charge in [-0.3, -0.25) is 4.79 Å². The molecule has 0 aromatic heterocycles. The molecule has 0 aliphatic carbocycles. The summed E-state index contributed by atoms with van der Waals surface area (Å²) < 4.78 is 21.2. The smallest absolute Gasteiger partial charge is 0.245 e. The minimum absolute atomic E-state index is 0.0627. The third-order valence-electron chi connectivity index (χ3n) is 2.50. The quantitative estimate of drug-likeness (QED) is 0.580. The van der Waals surface area contributed by atoms with E-state index in [1.54, 1.807) is 7.05 Å². The van der Waals surface area contributed by atoms with Gasteiger partial charge in [-0.25, -0.2) is 0 Å². The summed E-state index contributed by atoms with van der Waals surface area (Å²) in [6.45, 7) is 2.94. The van der Waals surface area contributed by atoms with Crippen molar-refractivity contribution < 1.29 is 23.7 Å². The number of para-hydroxylation sites is 1. The summed E-state index contributed by atoms with van der Waals surface area (Å²) in [5.74, 6) is 0.697. The van der Waals surface area contributed by atoms with Gasteiger partial charge in [-0.1, -0.05) is 18.2 Å². The van der Waals surface area contributed by atoms with Gasteiger partial charge in [0.25, 0.3) is 0 Å². The van der Waals surface area contributed by atoms with Crippen LogP contribution in [0.2, 0.25) is 0 Å². The molecule has 0 aliphatic rings. The Hall–Kier alpha value is -1.63. The Bertz CT molecular complexity index is 372. The number of carbonyl (C=O) groups excluding carboxylic acids is 1. The molecule has 6 nitrogen and oxygen atoms in total. The van der Waals surface area contributed by atoms with Crippen molar-refractivity contribution in [2.24, 2.45) is 0 Å². The Kier molecular flexibility index (Phi) is 10.1. The molecule has 21 heavy (non-hydrogen) atoms. The third kappa shape index (κ3) is 9.84. The van der Waals surface area contributed by atoms with Crippen molar-refractivity contribution in [3.05, 3.63) is 30.3 Å². The van der Waals surface area contributed by atoms with E-state index in [9.17, 15) is 4.79 Å². The highest BCUT2D eigenvalue weighted by molar-refractivity contribution is 5.76. The zero-order valence-electron chi connectivity index (χ0n) is 12.4. The van der Waals surface area contributed by atoms with Crippen molar-refractivity contribution in [2.75, 3.05) is 53.3 Å². The molecule has 0 heterocycles. The second kappa shape index (κ2) is 12.1. The fraction of sp³-hybridized carbons (Fsp3) is 0.533. The van der Waals surface area contributed by atoms with Gasteiger partial charge in [-0.15, -0.1) is 0 Å². The van der Waals surface area contributed by atoms with Gasteiger partial charge in [0.05, 0.1) is 33.0 Å². The van der Waals surface area contributed by atoms with E-state index in [-0.39, 0.29) is 12.5 Å². The van der Waals surface area contributed by atoms with Crippen LogP contribution in [0.1, 0.15) is 0 Å². The predicted octanol–water partition coefficient (Wildman–Crippen LogP) is 0.861. The van der Waals surface area contributed by atoms with Crippen molar-refractivity contribution in [3.8, 4) is 5.75 Å². The molecule has 0 radical (unpaired) electrons. The Balaban J connectivity index is 1.80. The molecule has 1 aromatic rings. The topological polar surface area (TPSA) is 66.0 Å². The van der Waals surface area contributed by atoms with E-state index in [0.717, 1.165) is 5.75 Å². The Labute approximate surface area is 125 Å². The van der Waals surface area contributed by atoms with Crippen LogP contribution < -0.4 is 10.1 Å². The predicted molar refractivity (Wildman–Crippen MR) is 78.5 cm³/mol. The van der Waals surface area contributed by atoms with Crippen LogP contribution in [0, 0.1) is 0 Å². The second-order valence-electron chi connectivity index (χ2n) is 4.11. The number of likely N-dealkylation sites (N-methyl/N-ethyl adjacent to an activating group) is 1. The molecule has 6 heteroatoms. The second-order valence-corrected chi connectivity index (χ2v) is 4.11. The summed E-state index contributed by atoms with van der Waals surface area (Å²) in [6.07, 6.45) is 0. The first-order valence-corrected chi connectivity index (χ1v) is 6.94. The molecular weight excluding hydrogens is 274 g/mol. The van der Waals surface area contributed by atoms with E-state index in [1.807, 2.05) is 30.3 Å². The number of hydrogen-bond acceptors (Lipinski definition) is 5. The minimum atomic E-state index is -0.142. The number of nitrogens with one attached hydrogen (secondary N) is 1. The van der Waals surface area contributed by atoms with Gasteiger partial charge in [-0.2, -0.15) is 0 Å². The van der Waals surface area contributed by atoms with Crippen LogP contribution in [0.3, 0.4) is 0 Å². The summed E-state index contributed by atoms with van der Waals surface area (Å²) in [6, 6.07) is 9.61. The lowest BCUT2D eigenvalue weighted by Gasteiger charge is -2.08. The number of benzene rings is 1. The summed E-state index contributed by atoms with van der Waals surface area (Å²) >= 11 is 0. The van der Waals surface area contributed by atoms with Gasteiger partial charge < -0.3 is 24.3 Å². The molecule has 0 atom stereocenters. The Morgan fingerprint density at radius 2 is 1.48 bits per heavy atom. The average molecular weight is 297 g/mol. The van der Waals surface area contributed by atoms with Crippen molar-refractivity contribution in [1.82, 2.24) is 5.32 Å². The highest BCUT2D eigenvalue weighted by Gasteiger charge is 1.97. The molecule has 0 aliphatic heterocycles. The number of ether oxygens (including phenoxy) is 4. The zero-order valence-corrected chi connectivity index (χ0v) is 12.4. The van der Waals surface area contributed by atoms with Crippen LogP contribution in [0.4, 0.5) is 0 Å². The minimum Gasteiger partial charge on any atom is -0.491 e. The lowest BCUT2D eigenvalue weighted by Crippen LogP contribution is -2.24. The SMILES string of the molecule is CNC(=O)COCCOCCOCCOc1ccccc1. The van der Waals surface area contributed by atoms with Crippen molar-refractivity contribution in [1.29, 1.82) is 0 Å². The van der Waals surface area contributed by atoms with Crippen molar-refractivity contribution in [3.63, 3.8) is 0 Å². The number of hydrogen-bond donors (Lipinski definition) is 1. The monoisotopic (exact) mass is 297 g/mol. The van der Waals surface area contributed by atoms with E-state index in [4.69, 9.17) is 18.9 Å². The molecule has 1 amide bonds. The van der Waals surface area contributed by atoms with Crippen molar-refractivity contribution >= 4 is 5.91 Å². The van der Waals surface area contributed by atoms with Gasteiger partial charge in [0.15, 0.2) is 0 Å². The van der Waals surface area contributed by atoms with Crippen molar-refractivity contribution in [2.45, 2.75) is 0 Å². The molecule has 0 spiro atoms. The van der Waals surface area contributed by atoms with Crippen LogP contribution in [0.15, 0.2) is 30.3 Å². The molecule has 0 fully saturated rings. The maximum absolute atomic E-state index is 10.8. The number of rotatable bonds is 12. The lowest BCUT2D eigenvalue weighted by molar-refractivity contribution is -0.125. The van der Waals surface area contributed by atoms with E-state index in [0.29, 0.717) is 39.6 Å². The fourth-order valence-corrected chi connectivity index (χ4v) is 1.41. The number of amides is 1. The Morgan fingerprint density at radius 1 is 0.905 bits per heavy atom. The molecule has 1 N–H and O–H groups in total. The maximum atomic E-state index is 10.8. The highest BCUT2D eigenvalue weighted by Crippen LogP contribution is 2.07. The van der Waals surface area contributed by atoms with Crippen LogP contribution in [0.5, 0.6) is 5.75 Å². The zero-order chi connectivity index (χ0) is 15.2. The largest absolute Gasteiger partial charge is 0.491 e. The van der Waals surface area contributed by atoms with Gasteiger partial charge in [-0.05, 0) is 12.1 Å². The molecule has 0 saturated heterocycles. The average Bonchev–Trinajstić information content (AvgIpc) is 2.53. The summed E-state index contributed by atoms with van der Waals surface area (Å²) in [7, 11) is 1.57. The van der Waals surface area contributed by atoms with E-state index in [1.165, 1.54) is 0 Å². The molecule has 1 rings (SSSR count). The summed E-state index contributed by atoms with van der Waals surface area (Å²) in [4.78, 5) is 10.8. The van der Waals surface area contributed by atoms with Gasteiger partial charge in [0.2, 0.25) is 5.91 Å². The molecule has 0 bridgehead atoms. The summed E-state index contributed by atoms with van der Waals surface area (Å²) in [5.41, 5.74) is 0. The van der Waals surface area contributed by atoms with Crippen LogP contribution in [-0.2, 0) is 19.0 Å². The molecule has 0 unspecified atom stereocenters. The first-order valence-electron chi connectivity index (χ1n) is 6.94. The normalized spacial score (nSPS) is 10.3. The van der Waals surface area contributed by atoms with Crippen LogP contribution in [0.25, 0.3) is 0 Å². The summed E-state index contributed by atoms with van der Waals surface area (Å²) in [5, 5.41) is 2.47. The number of carbonyl (C=O) groups is 1. The van der Waals surface area contributed by atoms with Gasteiger partial charge >= 0.3 is 0 Å². The highest BCUT2D eigenvalue weighted by atomic mass is 16.6. The van der Waals surface area contributed by atoms with E-state index >= 15 is 0 Å². The standard InChI is InChI=1S/C15H23NO5/c1-16-15(17)13-20-10-9-18-7-8-19-11-12-21-14-5-3-2-4-6-14/h2-6H,7-13H2,1H3,(H,16,17). The first kappa shape index (κ1) is 17.4. The van der Waals surface area contributed by atoms with Crippen LogP contribution >= 0.6 is 0 Å². The van der Waals surface area contributed by atoms with Gasteiger partial charge in [0.1, 0.15) is 19.0 Å². The first-order chi connectivity index (χ1) is 10.3. The molecule has 1 aromatic carbocycles. The van der Waals surface area contributed by atoms with Gasteiger partial charge in [0, 0.05) is 7.05 Å². The van der Waals surface area contributed by atoms with Crippen LogP contribution in [-0.4, -0.2) is 59.2 Å². The molecular formula is C15H23NO5. The molecule has 118 valence electrons. The molecule has 0 saturated carbocycles. The fourth-order valence-electron chi connectivity index (χ4n) is 1.41. The van der Waals surface area contributed by atoms with E-state index in [2.05, 4.69) is 5.32 Å². The Morgan fingerprint density at radius 3 is 2.10 bits per heavy atom. The maximum Gasteiger partial charge on any atom is 0.245 e. The van der Waals surface area contributed by atoms with E-state index < -0.39 is 0 Å². The third-order valence-corrected chi connectivity index (χ3v) is 2.50.